The zero-order valence-corrected chi connectivity index (χ0v) is 16.9. The lowest BCUT2D eigenvalue weighted by molar-refractivity contribution is -0.122. The van der Waals surface area contributed by atoms with Crippen molar-refractivity contribution < 1.29 is 4.79 Å². The number of benzene rings is 2. The Hall–Kier alpha value is -2.92. The molecule has 1 amide bonds. The molecule has 4 rings (SSSR count). The second-order valence-corrected chi connectivity index (χ2v) is 7.65. The standard InChI is InChI=1S/C23H22ClN3O2/c1-2-18-13-22(29)27(23(25-18)16-7-5-8-17(24)12-16)14-21(28)26-20-11-10-15-6-3-4-9-19(15)20/h3-9,12-13,20H,2,10-11,14H2,1H3,(H,26,28). The van der Waals surface area contributed by atoms with Crippen LogP contribution in [-0.4, -0.2) is 15.5 Å². The van der Waals surface area contributed by atoms with Gasteiger partial charge in [0.05, 0.1) is 6.04 Å². The largest absolute Gasteiger partial charge is 0.348 e. The van der Waals surface area contributed by atoms with Crippen molar-refractivity contribution in [2.45, 2.75) is 38.8 Å². The van der Waals surface area contributed by atoms with E-state index in [1.807, 2.05) is 31.2 Å². The molecular formula is C23H22ClN3O2. The summed E-state index contributed by atoms with van der Waals surface area (Å²) in [6.07, 6.45) is 2.45. The normalized spacial score (nSPS) is 15.2. The molecule has 0 radical (unpaired) electrons. The zero-order valence-electron chi connectivity index (χ0n) is 16.2. The second-order valence-electron chi connectivity index (χ2n) is 7.22. The molecule has 1 unspecified atom stereocenters. The molecule has 0 saturated carbocycles. The smallest absolute Gasteiger partial charge is 0.254 e. The van der Waals surface area contributed by atoms with E-state index in [2.05, 4.69) is 22.4 Å². The van der Waals surface area contributed by atoms with Crippen LogP contribution in [0.1, 0.15) is 36.2 Å². The van der Waals surface area contributed by atoms with Crippen LogP contribution in [-0.2, 0) is 24.2 Å². The maximum Gasteiger partial charge on any atom is 0.254 e. The molecule has 3 aromatic rings. The van der Waals surface area contributed by atoms with Crippen LogP contribution in [0, 0.1) is 0 Å². The van der Waals surface area contributed by atoms with Crippen LogP contribution >= 0.6 is 11.6 Å². The van der Waals surface area contributed by atoms with Crippen LogP contribution < -0.4 is 10.9 Å². The summed E-state index contributed by atoms with van der Waals surface area (Å²) in [6.45, 7) is 1.86. The van der Waals surface area contributed by atoms with Crippen LogP contribution in [0.2, 0.25) is 5.02 Å². The average molecular weight is 408 g/mol. The number of hydrogen-bond donors (Lipinski definition) is 1. The van der Waals surface area contributed by atoms with E-state index in [4.69, 9.17) is 11.6 Å². The fourth-order valence-corrected chi connectivity index (χ4v) is 4.02. The predicted molar refractivity (Wildman–Crippen MR) is 114 cm³/mol. The van der Waals surface area contributed by atoms with Crippen molar-refractivity contribution in [3.8, 4) is 11.4 Å². The average Bonchev–Trinajstić information content (AvgIpc) is 3.12. The lowest BCUT2D eigenvalue weighted by Gasteiger charge is -2.17. The highest BCUT2D eigenvalue weighted by molar-refractivity contribution is 6.30. The molecule has 1 aliphatic carbocycles. The van der Waals surface area contributed by atoms with Gasteiger partial charge in [0.1, 0.15) is 12.4 Å². The molecule has 1 aromatic heterocycles. The van der Waals surface area contributed by atoms with Gasteiger partial charge in [0.2, 0.25) is 5.91 Å². The van der Waals surface area contributed by atoms with E-state index in [9.17, 15) is 9.59 Å². The third-order valence-corrected chi connectivity index (χ3v) is 5.51. The Bertz CT molecular complexity index is 1120. The van der Waals surface area contributed by atoms with Crippen molar-refractivity contribution >= 4 is 17.5 Å². The Kier molecular flexibility index (Phi) is 5.49. The highest BCUT2D eigenvalue weighted by atomic mass is 35.5. The van der Waals surface area contributed by atoms with Gasteiger partial charge in [-0.3, -0.25) is 14.2 Å². The van der Waals surface area contributed by atoms with E-state index >= 15 is 0 Å². The SMILES string of the molecule is CCc1cc(=O)n(CC(=O)NC2CCc3ccccc32)c(-c2cccc(Cl)c2)n1. The van der Waals surface area contributed by atoms with Crippen molar-refractivity contribution in [2.24, 2.45) is 0 Å². The van der Waals surface area contributed by atoms with Gasteiger partial charge >= 0.3 is 0 Å². The number of nitrogens with zero attached hydrogens (tertiary/aromatic N) is 2. The Balaban J connectivity index is 1.63. The van der Waals surface area contributed by atoms with Crippen molar-refractivity contribution in [3.63, 3.8) is 0 Å². The number of halogens is 1. The summed E-state index contributed by atoms with van der Waals surface area (Å²) in [4.78, 5) is 30.2. The maximum absolute atomic E-state index is 12.8. The number of aromatic nitrogens is 2. The predicted octanol–water partition coefficient (Wildman–Crippen LogP) is 3.93. The lowest BCUT2D eigenvalue weighted by Crippen LogP contribution is -2.35. The molecular weight excluding hydrogens is 386 g/mol. The Morgan fingerprint density at radius 1 is 1.21 bits per heavy atom. The number of carbonyl (C=O) groups excluding carboxylic acids is 1. The van der Waals surface area contributed by atoms with Gasteiger partial charge in [-0.15, -0.1) is 0 Å². The van der Waals surface area contributed by atoms with E-state index in [0.717, 1.165) is 18.4 Å². The van der Waals surface area contributed by atoms with Crippen LogP contribution in [0.4, 0.5) is 0 Å². The third kappa shape index (κ3) is 4.10. The molecule has 148 valence electrons. The van der Waals surface area contributed by atoms with Crippen LogP contribution in [0.3, 0.4) is 0 Å². The van der Waals surface area contributed by atoms with E-state index in [1.165, 1.54) is 16.2 Å². The van der Waals surface area contributed by atoms with Crippen molar-refractivity contribution in [1.82, 2.24) is 14.9 Å². The molecule has 6 heteroatoms. The maximum atomic E-state index is 12.8. The monoisotopic (exact) mass is 407 g/mol. The first kappa shape index (κ1) is 19.4. The van der Waals surface area contributed by atoms with Crippen molar-refractivity contribution in [1.29, 1.82) is 0 Å². The summed E-state index contributed by atoms with van der Waals surface area (Å²) in [5, 5.41) is 3.63. The summed E-state index contributed by atoms with van der Waals surface area (Å²) in [5.74, 6) is 0.252. The quantitative estimate of drug-likeness (QED) is 0.697. The number of aryl methyl sites for hydroxylation is 2. The fraction of sp³-hybridized carbons (Fsp3) is 0.261. The number of nitrogens with one attached hydrogen (secondary N) is 1. The molecule has 1 N–H and O–H groups in total. The molecule has 1 atom stereocenters. The Morgan fingerprint density at radius 2 is 2.03 bits per heavy atom. The lowest BCUT2D eigenvalue weighted by atomic mass is 10.1. The van der Waals surface area contributed by atoms with Gasteiger partial charge in [0.15, 0.2) is 0 Å². The summed E-state index contributed by atoms with van der Waals surface area (Å²) in [7, 11) is 0. The number of fused-ring (bicyclic) bond motifs is 1. The highest BCUT2D eigenvalue weighted by Crippen LogP contribution is 2.30. The molecule has 0 spiro atoms. The Labute approximate surface area is 174 Å². The van der Waals surface area contributed by atoms with E-state index in [-0.39, 0.29) is 24.1 Å². The van der Waals surface area contributed by atoms with E-state index in [1.54, 1.807) is 12.1 Å². The number of hydrogen-bond acceptors (Lipinski definition) is 3. The number of rotatable bonds is 5. The van der Waals surface area contributed by atoms with Gasteiger partial charge < -0.3 is 5.32 Å². The minimum Gasteiger partial charge on any atom is -0.348 e. The molecule has 0 aliphatic heterocycles. The first-order valence-corrected chi connectivity index (χ1v) is 10.2. The van der Waals surface area contributed by atoms with Crippen LogP contribution in [0.15, 0.2) is 59.4 Å². The molecule has 0 bridgehead atoms. The summed E-state index contributed by atoms with van der Waals surface area (Å²) >= 11 is 6.13. The topological polar surface area (TPSA) is 64.0 Å². The zero-order chi connectivity index (χ0) is 20.4. The summed E-state index contributed by atoms with van der Waals surface area (Å²) in [6, 6.07) is 16.8. The van der Waals surface area contributed by atoms with Crippen molar-refractivity contribution in [2.75, 3.05) is 0 Å². The first-order valence-electron chi connectivity index (χ1n) is 9.79. The van der Waals surface area contributed by atoms with E-state index < -0.39 is 0 Å². The molecule has 0 saturated heterocycles. The van der Waals surface area contributed by atoms with E-state index in [0.29, 0.717) is 28.5 Å². The van der Waals surface area contributed by atoms with Crippen molar-refractivity contribution in [3.05, 3.63) is 86.8 Å². The first-order chi connectivity index (χ1) is 14.0. The molecule has 1 heterocycles. The molecule has 1 aliphatic rings. The minimum absolute atomic E-state index is 0.0214. The minimum atomic E-state index is -0.242. The second kappa shape index (κ2) is 8.21. The Morgan fingerprint density at radius 3 is 2.83 bits per heavy atom. The van der Waals surface area contributed by atoms with Gasteiger partial charge in [-0.2, -0.15) is 0 Å². The summed E-state index contributed by atoms with van der Waals surface area (Å²) < 4.78 is 1.42. The molecule has 29 heavy (non-hydrogen) atoms. The number of amides is 1. The van der Waals surface area contributed by atoms with Crippen LogP contribution in [0.25, 0.3) is 11.4 Å². The van der Waals surface area contributed by atoms with Crippen LogP contribution in [0.5, 0.6) is 0 Å². The molecule has 2 aromatic carbocycles. The highest BCUT2D eigenvalue weighted by Gasteiger charge is 2.24. The van der Waals surface area contributed by atoms with Gasteiger partial charge in [0.25, 0.3) is 5.56 Å². The summed E-state index contributed by atoms with van der Waals surface area (Å²) in [5.41, 5.74) is 3.58. The van der Waals surface area contributed by atoms with Gasteiger partial charge in [-0.25, -0.2) is 4.98 Å². The molecule has 5 nitrogen and oxygen atoms in total. The van der Waals surface area contributed by atoms with Gasteiger partial charge in [-0.05, 0) is 42.5 Å². The third-order valence-electron chi connectivity index (χ3n) is 5.28. The fourth-order valence-electron chi connectivity index (χ4n) is 3.83. The van der Waals surface area contributed by atoms with Gasteiger partial charge in [-0.1, -0.05) is 54.9 Å². The molecule has 0 fully saturated rings. The van der Waals surface area contributed by atoms with Gasteiger partial charge in [0, 0.05) is 22.3 Å². The number of carbonyl (C=O) groups is 1.